The quantitative estimate of drug-likeness (QED) is 0.387. The number of nitrogens with one attached hydrogen (secondary N) is 3. The minimum Gasteiger partial charge on any atom is -0.350 e. The van der Waals surface area contributed by atoms with Crippen molar-refractivity contribution < 1.29 is 4.79 Å². The predicted molar refractivity (Wildman–Crippen MR) is 62.3 cm³/mol. The predicted octanol–water partition coefficient (Wildman–Crippen LogP) is -1.15. The first-order chi connectivity index (χ1) is 8.79. The van der Waals surface area contributed by atoms with Crippen LogP contribution in [0, 0.1) is 0 Å². The van der Waals surface area contributed by atoms with Gasteiger partial charge >= 0.3 is 0 Å². The van der Waals surface area contributed by atoms with Crippen molar-refractivity contribution in [2.75, 3.05) is 12.0 Å². The highest BCUT2D eigenvalue weighted by Crippen LogP contribution is 1.99. The smallest absolute Gasteiger partial charge is 0.271 e. The van der Waals surface area contributed by atoms with Crippen molar-refractivity contribution in [2.45, 2.75) is 6.42 Å². The second-order valence-electron chi connectivity index (χ2n) is 3.39. The summed E-state index contributed by atoms with van der Waals surface area (Å²) in [7, 11) is 0. The van der Waals surface area contributed by atoms with Gasteiger partial charge in [-0.05, 0) is 12.1 Å². The highest BCUT2D eigenvalue weighted by atomic mass is 16.1. The van der Waals surface area contributed by atoms with E-state index in [0.29, 0.717) is 24.6 Å². The molecule has 0 aliphatic carbocycles. The van der Waals surface area contributed by atoms with Crippen LogP contribution in [0.5, 0.6) is 0 Å². The van der Waals surface area contributed by atoms with Gasteiger partial charge in [0.15, 0.2) is 11.5 Å². The molecule has 0 aliphatic heterocycles. The van der Waals surface area contributed by atoms with Crippen LogP contribution >= 0.6 is 0 Å². The molecule has 0 saturated carbocycles. The highest BCUT2D eigenvalue weighted by Gasteiger charge is 2.07. The molecule has 0 fully saturated rings. The van der Waals surface area contributed by atoms with Gasteiger partial charge in [-0.3, -0.25) is 9.89 Å². The molecule has 9 nitrogen and oxygen atoms in total. The Hall–Kier alpha value is -2.55. The first kappa shape index (κ1) is 11.9. The zero-order valence-corrected chi connectivity index (χ0v) is 9.42. The molecule has 2 aromatic rings. The Balaban J connectivity index is 1.83. The fourth-order valence-electron chi connectivity index (χ4n) is 1.27. The van der Waals surface area contributed by atoms with Crippen LogP contribution in [0.3, 0.4) is 0 Å². The van der Waals surface area contributed by atoms with Gasteiger partial charge in [0, 0.05) is 13.0 Å². The number of amides is 1. The Morgan fingerprint density at radius 1 is 1.39 bits per heavy atom. The van der Waals surface area contributed by atoms with Crippen molar-refractivity contribution in [3.8, 4) is 0 Å². The Labute approximate surface area is 102 Å². The number of aromatic nitrogens is 5. The lowest BCUT2D eigenvalue weighted by Gasteiger charge is -2.03. The van der Waals surface area contributed by atoms with Crippen LogP contribution in [0.25, 0.3) is 0 Å². The summed E-state index contributed by atoms with van der Waals surface area (Å²) in [5.41, 5.74) is 2.56. The summed E-state index contributed by atoms with van der Waals surface area (Å²) in [5, 5.41) is 16.5. The number of rotatable bonds is 5. The fraction of sp³-hybridized carbons (Fsp3) is 0.222. The zero-order valence-electron chi connectivity index (χ0n) is 9.42. The number of aromatic amines is 1. The third-order valence-electron chi connectivity index (χ3n) is 2.16. The monoisotopic (exact) mass is 248 g/mol. The molecule has 94 valence electrons. The number of hydrazine groups is 1. The van der Waals surface area contributed by atoms with Gasteiger partial charge in [-0.15, -0.1) is 10.2 Å². The maximum atomic E-state index is 11.7. The van der Waals surface area contributed by atoms with E-state index in [0.717, 1.165) is 0 Å². The molecule has 0 saturated heterocycles. The van der Waals surface area contributed by atoms with Crippen LogP contribution in [0.2, 0.25) is 0 Å². The third kappa shape index (κ3) is 2.98. The van der Waals surface area contributed by atoms with Gasteiger partial charge in [0.05, 0.1) is 0 Å². The van der Waals surface area contributed by atoms with E-state index in [4.69, 9.17) is 5.84 Å². The number of nitrogens with two attached hydrogens (primary N) is 1. The first-order valence-corrected chi connectivity index (χ1v) is 5.22. The van der Waals surface area contributed by atoms with Crippen molar-refractivity contribution in [1.82, 2.24) is 30.7 Å². The maximum Gasteiger partial charge on any atom is 0.271 e. The third-order valence-corrected chi connectivity index (χ3v) is 2.16. The number of H-pyrrole nitrogens is 1. The number of nitrogen functional groups attached to an aromatic ring is 1. The molecule has 5 N–H and O–H groups in total. The minimum absolute atomic E-state index is 0.228. The van der Waals surface area contributed by atoms with Crippen molar-refractivity contribution >= 4 is 11.7 Å². The fourth-order valence-corrected chi connectivity index (χ4v) is 1.27. The number of carbonyl (C=O) groups excluding carboxylic acids is 1. The van der Waals surface area contributed by atoms with Crippen molar-refractivity contribution in [3.05, 3.63) is 30.0 Å². The minimum atomic E-state index is -0.300. The summed E-state index contributed by atoms with van der Waals surface area (Å²) >= 11 is 0. The summed E-state index contributed by atoms with van der Waals surface area (Å²) in [6.45, 7) is 0.437. The Bertz CT molecular complexity index is 494. The number of hydrogen-bond donors (Lipinski definition) is 4. The molecule has 0 unspecified atom stereocenters. The van der Waals surface area contributed by atoms with E-state index in [1.54, 1.807) is 6.07 Å². The molecular formula is C9H12N8O. The summed E-state index contributed by atoms with van der Waals surface area (Å²) in [6.07, 6.45) is 1.99. The van der Waals surface area contributed by atoms with Gasteiger partial charge in [-0.25, -0.2) is 10.8 Å². The van der Waals surface area contributed by atoms with Gasteiger partial charge in [0.1, 0.15) is 12.2 Å². The molecular weight excluding hydrogens is 236 g/mol. The number of anilines is 1. The van der Waals surface area contributed by atoms with Crippen molar-refractivity contribution in [3.63, 3.8) is 0 Å². The molecule has 0 bridgehead atoms. The molecule has 0 radical (unpaired) electrons. The zero-order chi connectivity index (χ0) is 12.8. The van der Waals surface area contributed by atoms with Crippen LogP contribution < -0.4 is 16.6 Å². The summed E-state index contributed by atoms with van der Waals surface area (Å²) in [4.78, 5) is 15.6. The molecule has 0 aromatic carbocycles. The van der Waals surface area contributed by atoms with Crippen LogP contribution in [0.4, 0.5) is 5.82 Å². The lowest BCUT2D eigenvalue weighted by atomic mass is 10.3. The van der Waals surface area contributed by atoms with Crippen LogP contribution in [0.1, 0.15) is 16.3 Å². The topological polar surface area (TPSA) is 134 Å². The van der Waals surface area contributed by atoms with Crippen LogP contribution in [-0.2, 0) is 6.42 Å². The number of carbonyl (C=O) groups is 1. The molecule has 0 atom stereocenters. The van der Waals surface area contributed by atoms with Gasteiger partial charge in [-0.2, -0.15) is 5.10 Å². The molecule has 18 heavy (non-hydrogen) atoms. The van der Waals surface area contributed by atoms with E-state index in [1.165, 1.54) is 12.4 Å². The molecule has 2 heterocycles. The molecule has 9 heteroatoms. The number of hydrogen-bond acceptors (Lipinski definition) is 7. The average molecular weight is 248 g/mol. The van der Waals surface area contributed by atoms with Crippen molar-refractivity contribution in [2.24, 2.45) is 5.84 Å². The SMILES string of the molecule is NNc1ccc(C(=O)NCCc2ncn[nH]2)nn1. The van der Waals surface area contributed by atoms with Gasteiger partial charge in [0.2, 0.25) is 0 Å². The van der Waals surface area contributed by atoms with Gasteiger partial charge in [-0.1, -0.05) is 0 Å². The van der Waals surface area contributed by atoms with Gasteiger partial charge in [0.25, 0.3) is 5.91 Å². The van der Waals surface area contributed by atoms with Crippen LogP contribution in [-0.4, -0.2) is 37.8 Å². The normalized spacial score (nSPS) is 10.1. The largest absolute Gasteiger partial charge is 0.350 e. The highest BCUT2D eigenvalue weighted by molar-refractivity contribution is 5.92. The van der Waals surface area contributed by atoms with Gasteiger partial charge < -0.3 is 10.7 Å². The van der Waals surface area contributed by atoms with E-state index < -0.39 is 0 Å². The maximum absolute atomic E-state index is 11.7. The lowest BCUT2D eigenvalue weighted by Crippen LogP contribution is -2.27. The second-order valence-corrected chi connectivity index (χ2v) is 3.39. The molecule has 0 spiro atoms. The molecule has 2 aromatic heterocycles. The van der Waals surface area contributed by atoms with E-state index >= 15 is 0 Å². The molecule has 0 aliphatic rings. The molecule has 1 amide bonds. The average Bonchev–Trinajstić information content (AvgIpc) is 2.92. The summed E-state index contributed by atoms with van der Waals surface area (Å²) < 4.78 is 0. The lowest BCUT2D eigenvalue weighted by molar-refractivity contribution is 0.0948. The van der Waals surface area contributed by atoms with Crippen LogP contribution in [0.15, 0.2) is 18.5 Å². The van der Waals surface area contributed by atoms with Crippen molar-refractivity contribution in [1.29, 1.82) is 0 Å². The second kappa shape index (κ2) is 5.68. The summed E-state index contributed by atoms with van der Waals surface area (Å²) in [6, 6.07) is 3.10. The first-order valence-electron chi connectivity index (χ1n) is 5.22. The standard InChI is InChI=1S/C9H12N8O/c10-14-8-2-1-6(15-17-8)9(18)11-4-3-7-12-5-13-16-7/h1-2,5H,3-4,10H2,(H,11,18)(H,14,17)(H,12,13,16). The number of nitrogens with zero attached hydrogens (tertiary/aromatic N) is 4. The van der Waals surface area contributed by atoms with E-state index in [2.05, 4.69) is 36.1 Å². The Kier molecular flexibility index (Phi) is 3.76. The van der Waals surface area contributed by atoms with E-state index in [1.807, 2.05) is 0 Å². The Morgan fingerprint density at radius 2 is 2.28 bits per heavy atom. The Morgan fingerprint density at radius 3 is 2.89 bits per heavy atom. The summed E-state index contributed by atoms with van der Waals surface area (Å²) in [5.74, 6) is 5.95. The van der Waals surface area contributed by atoms with E-state index in [-0.39, 0.29) is 11.6 Å². The molecule has 2 rings (SSSR count). The van der Waals surface area contributed by atoms with E-state index in [9.17, 15) is 4.79 Å².